The van der Waals surface area contributed by atoms with Crippen LogP contribution in [0.15, 0.2) is 35.2 Å². The highest BCUT2D eigenvalue weighted by Crippen LogP contribution is 2.31. The molecule has 0 bridgehead atoms. The average molecular weight is 383 g/mol. The Morgan fingerprint density at radius 2 is 1.81 bits per heavy atom. The van der Waals surface area contributed by atoms with Gasteiger partial charge < -0.3 is 16.0 Å². The molecule has 2 aromatic rings. The molecular formula is C20H21N3O3S. The fraction of sp³-hybridized carbons (Fsp3) is 0.250. The van der Waals surface area contributed by atoms with Crippen LogP contribution in [0, 0.1) is 20.8 Å². The van der Waals surface area contributed by atoms with Crippen molar-refractivity contribution in [3.8, 4) is 0 Å². The minimum absolute atomic E-state index is 0.0896. The van der Waals surface area contributed by atoms with Gasteiger partial charge in [0.15, 0.2) is 0 Å². The Balaban J connectivity index is 1.62. The van der Waals surface area contributed by atoms with E-state index in [9.17, 15) is 14.4 Å². The lowest BCUT2D eigenvalue weighted by Crippen LogP contribution is -2.33. The number of aryl methyl sites for hydroxylation is 3. The van der Waals surface area contributed by atoms with Gasteiger partial charge in [0.1, 0.15) is 0 Å². The number of anilines is 2. The van der Waals surface area contributed by atoms with Crippen LogP contribution in [0.5, 0.6) is 0 Å². The standard InChI is InChI=1S/C20H21N3O3S/c1-11-6-12(2)19(13(3)7-11)23-17(24)9-21-20(26)14-4-5-16-15(8-14)22-18(25)10-27-16/h4-8H,9-10H2,1-3H3,(H,21,26)(H,22,25)(H,23,24). The molecule has 27 heavy (non-hydrogen) atoms. The largest absolute Gasteiger partial charge is 0.343 e. The summed E-state index contributed by atoms with van der Waals surface area (Å²) in [6.07, 6.45) is 0. The summed E-state index contributed by atoms with van der Waals surface area (Å²) in [6.45, 7) is 5.75. The highest BCUT2D eigenvalue weighted by molar-refractivity contribution is 8.00. The van der Waals surface area contributed by atoms with Crippen molar-refractivity contribution in [1.29, 1.82) is 0 Å². The van der Waals surface area contributed by atoms with E-state index in [1.165, 1.54) is 11.8 Å². The number of carbonyl (C=O) groups is 3. The molecule has 1 aliphatic heterocycles. The molecule has 3 N–H and O–H groups in total. The van der Waals surface area contributed by atoms with Gasteiger partial charge in [-0.1, -0.05) is 17.7 Å². The van der Waals surface area contributed by atoms with Gasteiger partial charge in [-0.25, -0.2) is 0 Å². The van der Waals surface area contributed by atoms with Crippen LogP contribution < -0.4 is 16.0 Å². The minimum atomic E-state index is -0.366. The topological polar surface area (TPSA) is 87.3 Å². The summed E-state index contributed by atoms with van der Waals surface area (Å²) in [6, 6.07) is 9.11. The summed E-state index contributed by atoms with van der Waals surface area (Å²) in [7, 11) is 0. The Labute approximate surface area is 162 Å². The third-order valence-electron chi connectivity index (χ3n) is 4.23. The van der Waals surface area contributed by atoms with E-state index in [-0.39, 0.29) is 24.3 Å². The first kappa shape index (κ1) is 19.0. The fourth-order valence-corrected chi connectivity index (χ4v) is 3.84. The fourth-order valence-electron chi connectivity index (χ4n) is 3.05. The molecule has 3 amide bonds. The average Bonchev–Trinajstić information content (AvgIpc) is 2.62. The first-order chi connectivity index (χ1) is 12.8. The van der Waals surface area contributed by atoms with Crippen molar-refractivity contribution in [3.63, 3.8) is 0 Å². The van der Waals surface area contributed by atoms with Crippen molar-refractivity contribution < 1.29 is 14.4 Å². The molecule has 0 aliphatic carbocycles. The molecule has 7 heteroatoms. The number of fused-ring (bicyclic) bond motifs is 1. The van der Waals surface area contributed by atoms with E-state index in [0.29, 0.717) is 17.0 Å². The van der Waals surface area contributed by atoms with E-state index in [0.717, 1.165) is 27.3 Å². The Kier molecular flexibility index (Phi) is 5.51. The molecule has 0 spiro atoms. The summed E-state index contributed by atoms with van der Waals surface area (Å²) in [5.74, 6) is -0.375. The Morgan fingerprint density at radius 1 is 1.11 bits per heavy atom. The number of nitrogens with one attached hydrogen (secondary N) is 3. The van der Waals surface area contributed by atoms with Gasteiger partial charge in [-0.05, 0) is 50.1 Å². The Bertz CT molecular complexity index is 917. The molecule has 140 valence electrons. The number of rotatable bonds is 4. The molecule has 3 rings (SSSR count). The lowest BCUT2D eigenvalue weighted by atomic mass is 10.1. The number of thioether (sulfide) groups is 1. The normalized spacial score (nSPS) is 12.8. The van der Waals surface area contributed by atoms with Gasteiger partial charge in [-0.2, -0.15) is 0 Å². The number of carbonyl (C=O) groups excluding carboxylic acids is 3. The SMILES string of the molecule is Cc1cc(C)c(NC(=O)CNC(=O)c2ccc3c(c2)NC(=O)CS3)c(C)c1. The Morgan fingerprint density at radius 3 is 2.52 bits per heavy atom. The van der Waals surface area contributed by atoms with Gasteiger partial charge in [-0.15, -0.1) is 11.8 Å². The molecule has 0 unspecified atom stereocenters. The highest BCUT2D eigenvalue weighted by atomic mass is 32.2. The molecule has 1 heterocycles. The highest BCUT2D eigenvalue weighted by Gasteiger charge is 2.18. The molecule has 0 aromatic heterocycles. The quantitative estimate of drug-likeness (QED) is 0.757. The third-order valence-corrected chi connectivity index (χ3v) is 5.30. The van der Waals surface area contributed by atoms with Crippen molar-refractivity contribution in [2.45, 2.75) is 25.7 Å². The van der Waals surface area contributed by atoms with E-state index in [1.807, 2.05) is 32.9 Å². The van der Waals surface area contributed by atoms with Crippen LogP contribution in [0.3, 0.4) is 0 Å². The summed E-state index contributed by atoms with van der Waals surface area (Å²) in [5, 5.41) is 8.22. The molecule has 0 fully saturated rings. The van der Waals surface area contributed by atoms with Crippen LogP contribution in [0.1, 0.15) is 27.0 Å². The van der Waals surface area contributed by atoms with Gasteiger partial charge in [0, 0.05) is 16.1 Å². The zero-order valence-corrected chi connectivity index (χ0v) is 16.3. The molecule has 0 saturated heterocycles. The van der Waals surface area contributed by atoms with Crippen LogP contribution in [-0.2, 0) is 9.59 Å². The van der Waals surface area contributed by atoms with Gasteiger partial charge >= 0.3 is 0 Å². The second kappa shape index (κ2) is 7.84. The number of amides is 3. The minimum Gasteiger partial charge on any atom is -0.343 e. The second-order valence-electron chi connectivity index (χ2n) is 6.55. The number of hydrogen-bond donors (Lipinski definition) is 3. The maximum atomic E-state index is 12.3. The molecule has 6 nitrogen and oxygen atoms in total. The van der Waals surface area contributed by atoms with Crippen LogP contribution in [0.2, 0.25) is 0 Å². The van der Waals surface area contributed by atoms with Crippen LogP contribution in [0.4, 0.5) is 11.4 Å². The Hall–Kier alpha value is -2.80. The summed E-state index contributed by atoms with van der Waals surface area (Å²) in [5.41, 5.74) is 4.89. The predicted octanol–water partition coefficient (Wildman–Crippen LogP) is 3.02. The van der Waals surface area contributed by atoms with Gasteiger partial charge in [0.25, 0.3) is 5.91 Å². The zero-order chi connectivity index (χ0) is 19.6. The third kappa shape index (κ3) is 4.49. The van der Waals surface area contributed by atoms with Gasteiger partial charge in [0.2, 0.25) is 11.8 Å². The number of hydrogen-bond acceptors (Lipinski definition) is 4. The maximum Gasteiger partial charge on any atom is 0.251 e. The van der Waals surface area contributed by atoms with E-state index < -0.39 is 0 Å². The summed E-state index contributed by atoms with van der Waals surface area (Å²) in [4.78, 5) is 37.0. The lowest BCUT2D eigenvalue weighted by molar-refractivity contribution is -0.115. The zero-order valence-electron chi connectivity index (χ0n) is 15.4. The maximum absolute atomic E-state index is 12.3. The van der Waals surface area contributed by atoms with Crippen molar-refractivity contribution >= 4 is 40.9 Å². The van der Waals surface area contributed by atoms with Gasteiger partial charge in [-0.3, -0.25) is 14.4 Å². The smallest absolute Gasteiger partial charge is 0.251 e. The molecule has 2 aromatic carbocycles. The van der Waals surface area contributed by atoms with E-state index in [1.54, 1.807) is 18.2 Å². The predicted molar refractivity (Wildman–Crippen MR) is 107 cm³/mol. The monoisotopic (exact) mass is 383 g/mol. The van der Waals surface area contributed by atoms with Crippen molar-refractivity contribution in [1.82, 2.24) is 5.32 Å². The van der Waals surface area contributed by atoms with Crippen LogP contribution >= 0.6 is 11.8 Å². The lowest BCUT2D eigenvalue weighted by Gasteiger charge is -2.17. The van der Waals surface area contributed by atoms with E-state index in [4.69, 9.17) is 0 Å². The molecule has 1 aliphatic rings. The summed E-state index contributed by atoms with van der Waals surface area (Å²) >= 11 is 1.43. The van der Waals surface area contributed by atoms with Crippen molar-refractivity contribution in [2.24, 2.45) is 0 Å². The van der Waals surface area contributed by atoms with Crippen LogP contribution in [0.25, 0.3) is 0 Å². The van der Waals surface area contributed by atoms with Crippen LogP contribution in [-0.4, -0.2) is 30.0 Å². The van der Waals surface area contributed by atoms with Crippen molar-refractivity contribution in [2.75, 3.05) is 22.9 Å². The van der Waals surface area contributed by atoms with Crippen molar-refractivity contribution in [3.05, 3.63) is 52.6 Å². The molecule has 0 atom stereocenters. The van der Waals surface area contributed by atoms with E-state index >= 15 is 0 Å². The van der Waals surface area contributed by atoms with E-state index in [2.05, 4.69) is 16.0 Å². The first-order valence-electron chi connectivity index (χ1n) is 8.56. The molecule has 0 radical (unpaired) electrons. The first-order valence-corrected chi connectivity index (χ1v) is 9.54. The van der Waals surface area contributed by atoms with Gasteiger partial charge in [0.05, 0.1) is 18.0 Å². The second-order valence-corrected chi connectivity index (χ2v) is 7.57. The molecule has 0 saturated carbocycles. The summed E-state index contributed by atoms with van der Waals surface area (Å²) < 4.78 is 0. The number of benzene rings is 2. The molecular weight excluding hydrogens is 362 g/mol.